The predicted octanol–water partition coefficient (Wildman–Crippen LogP) is 3.20. The number of halogens is 1. The molecule has 2 rings (SSSR count). The zero-order valence-electron chi connectivity index (χ0n) is 10.1. The number of Topliss-reactive ketones (excluding diaryl/α,β-unsaturated/α-hetero) is 1. The molecule has 0 N–H and O–H groups in total. The van der Waals surface area contributed by atoms with Crippen molar-refractivity contribution >= 4 is 28.4 Å². The number of nitrogens with zero attached hydrogens (tertiary/aromatic N) is 1. The molecule has 0 aliphatic carbocycles. The molecule has 0 fully saturated rings. The first-order valence-corrected chi connectivity index (χ1v) is 6.73. The van der Waals surface area contributed by atoms with Crippen LogP contribution in [0.15, 0.2) is 47.1 Å². The predicted molar refractivity (Wildman–Crippen MR) is 78.5 cm³/mol. The molecule has 0 radical (unpaired) electrons. The van der Waals surface area contributed by atoms with E-state index in [1.807, 2.05) is 48.3 Å². The fourth-order valence-corrected chi connectivity index (χ4v) is 2.06. The Bertz CT molecular complexity index is 505. The van der Waals surface area contributed by atoms with Gasteiger partial charge in [0.15, 0.2) is 5.78 Å². The number of hydrogen-bond acceptors (Lipinski definition) is 3. The average Bonchev–Trinajstić information content (AvgIpc) is 2.82. The van der Waals surface area contributed by atoms with E-state index in [1.54, 1.807) is 6.26 Å². The molecule has 2 aromatic rings. The van der Waals surface area contributed by atoms with Crippen molar-refractivity contribution < 1.29 is 9.21 Å². The number of hydrogen-bond donors (Lipinski definition) is 0. The minimum atomic E-state index is 0.125. The van der Waals surface area contributed by atoms with Crippen molar-refractivity contribution in [3.63, 3.8) is 0 Å². The highest BCUT2D eigenvalue weighted by Crippen LogP contribution is 2.09. The molecule has 3 nitrogen and oxygen atoms in total. The van der Waals surface area contributed by atoms with Crippen molar-refractivity contribution in [2.75, 3.05) is 13.6 Å². The summed E-state index contributed by atoms with van der Waals surface area (Å²) in [6, 6.07) is 11.4. The third-order valence-corrected chi connectivity index (χ3v) is 3.30. The van der Waals surface area contributed by atoms with Crippen LogP contribution in [0.5, 0.6) is 0 Å². The molecule has 0 saturated carbocycles. The van der Waals surface area contributed by atoms with Crippen molar-refractivity contribution in [2.24, 2.45) is 0 Å². The second-order valence-electron chi connectivity index (χ2n) is 4.18. The molecule has 0 amide bonds. The van der Waals surface area contributed by atoms with E-state index in [0.717, 1.165) is 14.9 Å². The van der Waals surface area contributed by atoms with Crippen molar-refractivity contribution in [3.05, 3.63) is 57.6 Å². The third-order valence-electron chi connectivity index (χ3n) is 2.59. The van der Waals surface area contributed by atoms with Gasteiger partial charge < -0.3 is 4.42 Å². The van der Waals surface area contributed by atoms with Gasteiger partial charge in [-0.15, -0.1) is 0 Å². The quantitative estimate of drug-likeness (QED) is 0.610. The first-order valence-electron chi connectivity index (χ1n) is 5.65. The third kappa shape index (κ3) is 3.68. The van der Waals surface area contributed by atoms with Gasteiger partial charge in [0.1, 0.15) is 5.76 Å². The molecule has 0 unspecified atom stereocenters. The van der Waals surface area contributed by atoms with Gasteiger partial charge in [0.2, 0.25) is 0 Å². The lowest BCUT2D eigenvalue weighted by Gasteiger charge is -2.14. The minimum Gasteiger partial charge on any atom is -0.468 e. The Balaban J connectivity index is 1.92. The fraction of sp³-hybridized carbons (Fsp3) is 0.214. The molecule has 94 valence electrons. The summed E-state index contributed by atoms with van der Waals surface area (Å²) in [7, 11) is 1.91. The summed E-state index contributed by atoms with van der Waals surface area (Å²) in [5.74, 6) is 0.994. The number of furan rings is 1. The first kappa shape index (κ1) is 13.3. The highest BCUT2D eigenvalue weighted by Gasteiger charge is 2.10. The van der Waals surface area contributed by atoms with E-state index in [1.165, 1.54) is 0 Å². The van der Waals surface area contributed by atoms with E-state index in [0.29, 0.717) is 13.1 Å². The number of likely N-dealkylation sites (N-methyl/N-ethyl adjacent to an activating group) is 1. The van der Waals surface area contributed by atoms with Gasteiger partial charge in [-0.3, -0.25) is 9.69 Å². The highest BCUT2D eigenvalue weighted by atomic mass is 127. The molecule has 1 aromatic carbocycles. The number of ketones is 1. The number of carbonyl (C=O) groups is 1. The zero-order chi connectivity index (χ0) is 13.0. The SMILES string of the molecule is CN(CC(=O)c1ccc(I)cc1)Cc1ccco1. The molecule has 0 bridgehead atoms. The van der Waals surface area contributed by atoms with Gasteiger partial charge in [-0.2, -0.15) is 0 Å². The Morgan fingerprint density at radius 2 is 2.00 bits per heavy atom. The van der Waals surface area contributed by atoms with Gasteiger partial charge in [0, 0.05) is 9.13 Å². The zero-order valence-corrected chi connectivity index (χ0v) is 12.3. The maximum Gasteiger partial charge on any atom is 0.176 e. The molecule has 4 heteroatoms. The van der Waals surface area contributed by atoms with Gasteiger partial charge >= 0.3 is 0 Å². The largest absolute Gasteiger partial charge is 0.468 e. The van der Waals surface area contributed by atoms with Crippen molar-refractivity contribution in [3.8, 4) is 0 Å². The van der Waals surface area contributed by atoms with E-state index in [9.17, 15) is 4.79 Å². The second kappa shape index (κ2) is 6.15. The maximum atomic E-state index is 12.0. The van der Waals surface area contributed by atoms with E-state index in [-0.39, 0.29) is 5.78 Å². The Morgan fingerprint density at radius 3 is 2.61 bits per heavy atom. The van der Waals surface area contributed by atoms with Crippen LogP contribution in [-0.4, -0.2) is 24.3 Å². The fourth-order valence-electron chi connectivity index (χ4n) is 1.70. The van der Waals surface area contributed by atoms with Gasteiger partial charge in [-0.25, -0.2) is 0 Å². The summed E-state index contributed by atoms with van der Waals surface area (Å²) >= 11 is 2.23. The molecule has 1 heterocycles. The topological polar surface area (TPSA) is 33.5 Å². The van der Waals surface area contributed by atoms with Crippen LogP contribution < -0.4 is 0 Å². The van der Waals surface area contributed by atoms with Crippen LogP contribution in [0.3, 0.4) is 0 Å². The monoisotopic (exact) mass is 355 g/mol. The Labute approximate surface area is 120 Å². The first-order chi connectivity index (χ1) is 8.65. The summed E-state index contributed by atoms with van der Waals surface area (Å²) in [6.07, 6.45) is 1.64. The van der Waals surface area contributed by atoms with E-state index in [4.69, 9.17) is 4.42 Å². The van der Waals surface area contributed by atoms with E-state index in [2.05, 4.69) is 22.6 Å². The summed E-state index contributed by atoms with van der Waals surface area (Å²) < 4.78 is 6.39. The molecule has 0 aliphatic heterocycles. The normalized spacial score (nSPS) is 10.8. The molecular weight excluding hydrogens is 341 g/mol. The van der Waals surface area contributed by atoms with Gasteiger partial charge in [0.05, 0.1) is 19.4 Å². The lowest BCUT2D eigenvalue weighted by atomic mass is 10.1. The van der Waals surface area contributed by atoms with Crippen LogP contribution in [-0.2, 0) is 6.54 Å². The molecule has 18 heavy (non-hydrogen) atoms. The van der Waals surface area contributed by atoms with Crippen LogP contribution in [0.25, 0.3) is 0 Å². The Hall–Kier alpha value is -1.14. The minimum absolute atomic E-state index is 0.125. The molecule has 1 aromatic heterocycles. The summed E-state index contributed by atoms with van der Waals surface area (Å²) in [5.41, 5.74) is 0.752. The van der Waals surface area contributed by atoms with Crippen LogP contribution in [0.2, 0.25) is 0 Å². The number of benzene rings is 1. The molecule has 0 aliphatic rings. The average molecular weight is 355 g/mol. The van der Waals surface area contributed by atoms with Gasteiger partial charge in [-0.05, 0) is 53.9 Å². The highest BCUT2D eigenvalue weighted by molar-refractivity contribution is 14.1. The van der Waals surface area contributed by atoms with Crippen LogP contribution >= 0.6 is 22.6 Å². The Morgan fingerprint density at radius 1 is 1.28 bits per heavy atom. The smallest absolute Gasteiger partial charge is 0.176 e. The van der Waals surface area contributed by atoms with Gasteiger partial charge in [0.25, 0.3) is 0 Å². The molecular formula is C14H14INO2. The van der Waals surface area contributed by atoms with Crippen molar-refractivity contribution in [2.45, 2.75) is 6.54 Å². The number of rotatable bonds is 5. The summed E-state index contributed by atoms with van der Waals surface area (Å²) in [6.45, 7) is 1.03. The second-order valence-corrected chi connectivity index (χ2v) is 5.43. The lowest BCUT2D eigenvalue weighted by Crippen LogP contribution is -2.25. The lowest BCUT2D eigenvalue weighted by molar-refractivity contribution is 0.0939. The van der Waals surface area contributed by atoms with Gasteiger partial charge in [-0.1, -0.05) is 12.1 Å². The van der Waals surface area contributed by atoms with E-state index >= 15 is 0 Å². The van der Waals surface area contributed by atoms with Crippen LogP contribution in [0.1, 0.15) is 16.1 Å². The number of carbonyl (C=O) groups excluding carboxylic acids is 1. The standard InChI is InChI=1S/C14H14INO2/c1-16(9-13-3-2-8-18-13)10-14(17)11-4-6-12(15)7-5-11/h2-8H,9-10H2,1H3. The molecule has 0 atom stereocenters. The van der Waals surface area contributed by atoms with Crippen molar-refractivity contribution in [1.29, 1.82) is 0 Å². The summed E-state index contributed by atoms with van der Waals surface area (Å²) in [5, 5.41) is 0. The van der Waals surface area contributed by atoms with Crippen LogP contribution in [0.4, 0.5) is 0 Å². The summed E-state index contributed by atoms with van der Waals surface area (Å²) in [4.78, 5) is 14.0. The van der Waals surface area contributed by atoms with Crippen molar-refractivity contribution in [1.82, 2.24) is 4.90 Å². The molecule has 0 spiro atoms. The maximum absolute atomic E-state index is 12.0. The Kier molecular flexibility index (Phi) is 4.54. The molecule has 0 saturated heterocycles. The van der Waals surface area contributed by atoms with Crippen LogP contribution in [0, 0.1) is 3.57 Å². The van der Waals surface area contributed by atoms with E-state index < -0.39 is 0 Å².